The van der Waals surface area contributed by atoms with Crippen LogP contribution in [0, 0.1) is 28.6 Å². The van der Waals surface area contributed by atoms with E-state index in [1.165, 1.54) is 0 Å². The van der Waals surface area contributed by atoms with E-state index in [4.69, 9.17) is 5.26 Å². The molecule has 0 bridgehead atoms. The number of nitrogens with one attached hydrogen (secondary N) is 2. The van der Waals surface area contributed by atoms with Gasteiger partial charge in [-0.3, -0.25) is 14.3 Å². The van der Waals surface area contributed by atoms with E-state index in [-0.39, 0.29) is 24.1 Å². The second-order valence-electron chi connectivity index (χ2n) is 10.3. The van der Waals surface area contributed by atoms with Crippen LogP contribution in [0.2, 0.25) is 0 Å². The highest BCUT2D eigenvalue weighted by Crippen LogP contribution is 2.37. The smallest absolute Gasteiger partial charge is 0.273 e. The largest absolute Gasteiger partial charge is 0.396 e. The highest BCUT2D eigenvalue weighted by Gasteiger charge is 2.38. The summed E-state index contributed by atoms with van der Waals surface area (Å²) in [6.07, 6.45) is 0.909. The first-order valence-electron chi connectivity index (χ1n) is 11.8. The van der Waals surface area contributed by atoms with Crippen LogP contribution in [0.1, 0.15) is 48.8 Å². The van der Waals surface area contributed by atoms with Gasteiger partial charge in [0, 0.05) is 18.5 Å². The Morgan fingerprint density at radius 2 is 1.89 bits per heavy atom. The lowest BCUT2D eigenvalue weighted by atomic mass is 9.86. The van der Waals surface area contributed by atoms with E-state index in [1.54, 1.807) is 16.8 Å². The van der Waals surface area contributed by atoms with E-state index in [1.807, 2.05) is 57.2 Å². The van der Waals surface area contributed by atoms with Gasteiger partial charge < -0.3 is 15.7 Å². The molecule has 1 heterocycles. The van der Waals surface area contributed by atoms with Gasteiger partial charge >= 0.3 is 0 Å². The molecule has 0 unspecified atom stereocenters. The number of hydrogen-bond acceptors (Lipinski definition) is 5. The van der Waals surface area contributed by atoms with Crippen LogP contribution in [0.15, 0.2) is 48.5 Å². The zero-order valence-corrected chi connectivity index (χ0v) is 20.3. The van der Waals surface area contributed by atoms with Gasteiger partial charge in [-0.25, -0.2) is 0 Å². The molecule has 2 aromatic carbocycles. The average molecular weight is 474 g/mol. The van der Waals surface area contributed by atoms with Gasteiger partial charge in [-0.15, -0.1) is 0 Å². The SMILES string of the molecule is CC(C)(C)[C@H](NC(=O)c1nn(Cc2ccc(C#N)cc2)c2ccccc12)C(=O)NC[C@H]1C[C@@H]1CO. The first kappa shape index (κ1) is 24.4. The van der Waals surface area contributed by atoms with Crippen LogP contribution < -0.4 is 10.6 Å². The zero-order valence-electron chi connectivity index (χ0n) is 20.3. The molecule has 1 aromatic heterocycles. The maximum atomic E-state index is 13.4. The van der Waals surface area contributed by atoms with Crippen molar-refractivity contribution in [1.82, 2.24) is 20.4 Å². The third-order valence-corrected chi connectivity index (χ3v) is 6.53. The number of amides is 2. The maximum absolute atomic E-state index is 13.4. The molecule has 8 heteroatoms. The standard InChI is InChI=1S/C27H31N5O3/c1-27(2,3)24(26(35)29-14-19-12-20(19)16-33)30-25(34)23-21-6-4-5-7-22(21)32(31-23)15-18-10-8-17(13-28)9-11-18/h4-11,19-20,24,33H,12,14-16H2,1-3H3,(H,29,35)(H,30,34)/t19-,20-,24-/m1/s1. The van der Waals surface area contributed by atoms with Gasteiger partial charge in [-0.05, 0) is 47.4 Å². The minimum atomic E-state index is -0.747. The number of benzene rings is 2. The molecule has 3 aromatic rings. The summed E-state index contributed by atoms with van der Waals surface area (Å²) < 4.78 is 1.76. The Balaban J connectivity index is 1.54. The average Bonchev–Trinajstić information content (AvgIpc) is 3.52. The summed E-state index contributed by atoms with van der Waals surface area (Å²) in [7, 11) is 0. The molecule has 8 nitrogen and oxygen atoms in total. The molecule has 0 radical (unpaired) electrons. The Morgan fingerprint density at radius 1 is 1.17 bits per heavy atom. The van der Waals surface area contributed by atoms with Gasteiger partial charge in [0.1, 0.15) is 6.04 Å². The number of para-hydroxylation sites is 1. The van der Waals surface area contributed by atoms with Gasteiger partial charge in [0.25, 0.3) is 5.91 Å². The topological polar surface area (TPSA) is 120 Å². The summed E-state index contributed by atoms with van der Waals surface area (Å²) in [5.41, 5.74) is 2.10. The molecule has 0 spiro atoms. The quantitative estimate of drug-likeness (QED) is 0.465. The molecule has 2 amide bonds. The third-order valence-electron chi connectivity index (χ3n) is 6.53. The maximum Gasteiger partial charge on any atom is 0.273 e. The Hall–Kier alpha value is -3.70. The molecule has 4 rings (SSSR count). The highest BCUT2D eigenvalue weighted by atomic mass is 16.3. The Kier molecular flexibility index (Phi) is 6.90. The molecule has 0 aliphatic heterocycles. The first-order chi connectivity index (χ1) is 16.7. The number of carbonyl (C=O) groups is 2. The predicted molar refractivity (Wildman–Crippen MR) is 132 cm³/mol. The van der Waals surface area contributed by atoms with Crippen molar-refractivity contribution >= 4 is 22.7 Å². The van der Waals surface area contributed by atoms with Gasteiger partial charge in [0.15, 0.2) is 5.69 Å². The number of fused-ring (bicyclic) bond motifs is 1. The molecule has 3 atom stereocenters. The Morgan fingerprint density at radius 3 is 2.51 bits per heavy atom. The Bertz CT molecular complexity index is 1270. The van der Waals surface area contributed by atoms with Crippen molar-refractivity contribution in [3.63, 3.8) is 0 Å². The van der Waals surface area contributed by atoms with Crippen LogP contribution in [-0.4, -0.2) is 45.9 Å². The van der Waals surface area contributed by atoms with Gasteiger partial charge in [-0.1, -0.05) is 51.1 Å². The number of carbonyl (C=O) groups excluding carboxylic acids is 2. The fraction of sp³-hybridized carbons (Fsp3) is 0.407. The first-order valence-corrected chi connectivity index (χ1v) is 11.8. The number of hydrogen-bond donors (Lipinski definition) is 3. The van der Waals surface area contributed by atoms with Crippen molar-refractivity contribution in [2.24, 2.45) is 17.3 Å². The summed E-state index contributed by atoms with van der Waals surface area (Å²) >= 11 is 0. The second-order valence-corrected chi connectivity index (χ2v) is 10.3. The minimum absolute atomic E-state index is 0.137. The molecule has 182 valence electrons. The number of nitriles is 1. The number of nitrogens with zero attached hydrogens (tertiary/aromatic N) is 3. The summed E-state index contributed by atoms with van der Waals surface area (Å²) in [5.74, 6) is -0.100. The number of aliphatic hydroxyl groups excluding tert-OH is 1. The lowest BCUT2D eigenvalue weighted by molar-refractivity contribution is -0.125. The van der Waals surface area contributed by atoms with E-state index in [9.17, 15) is 14.7 Å². The van der Waals surface area contributed by atoms with Crippen molar-refractivity contribution in [2.45, 2.75) is 39.8 Å². The number of aromatic nitrogens is 2. The molecule has 1 fully saturated rings. The van der Waals surface area contributed by atoms with Gasteiger partial charge in [0.05, 0.1) is 23.7 Å². The molecule has 1 aliphatic carbocycles. The molecule has 1 saturated carbocycles. The van der Waals surface area contributed by atoms with E-state index in [0.717, 1.165) is 17.5 Å². The van der Waals surface area contributed by atoms with Crippen molar-refractivity contribution in [1.29, 1.82) is 5.26 Å². The van der Waals surface area contributed by atoms with Crippen molar-refractivity contribution in [3.05, 3.63) is 65.4 Å². The van der Waals surface area contributed by atoms with Crippen LogP contribution >= 0.6 is 0 Å². The zero-order chi connectivity index (χ0) is 25.2. The lowest BCUT2D eigenvalue weighted by Crippen LogP contribution is -2.54. The summed E-state index contributed by atoms with van der Waals surface area (Å²) in [5, 5.41) is 29.4. The molecular formula is C27H31N5O3. The van der Waals surface area contributed by atoms with Crippen LogP contribution in [-0.2, 0) is 11.3 Å². The summed E-state index contributed by atoms with van der Waals surface area (Å²) in [6, 6.07) is 16.1. The van der Waals surface area contributed by atoms with E-state index < -0.39 is 17.4 Å². The predicted octanol–water partition coefficient (Wildman–Crippen LogP) is 2.85. The molecule has 35 heavy (non-hydrogen) atoms. The fourth-order valence-corrected chi connectivity index (χ4v) is 4.27. The molecular weight excluding hydrogens is 442 g/mol. The van der Waals surface area contributed by atoms with Gasteiger partial charge in [-0.2, -0.15) is 10.4 Å². The summed E-state index contributed by atoms with van der Waals surface area (Å²) in [4.78, 5) is 26.4. The normalized spacial score (nSPS) is 18.0. The number of aliphatic hydroxyl groups is 1. The fourth-order valence-electron chi connectivity index (χ4n) is 4.27. The van der Waals surface area contributed by atoms with Crippen LogP contribution in [0.4, 0.5) is 0 Å². The lowest BCUT2D eigenvalue weighted by Gasteiger charge is -2.30. The molecule has 3 N–H and O–H groups in total. The molecule has 0 saturated heterocycles. The van der Waals surface area contributed by atoms with E-state index >= 15 is 0 Å². The second kappa shape index (κ2) is 9.88. The Labute approximate surface area is 204 Å². The minimum Gasteiger partial charge on any atom is -0.396 e. The molecule has 1 aliphatic rings. The van der Waals surface area contributed by atoms with Crippen molar-refractivity contribution in [3.8, 4) is 6.07 Å². The summed E-state index contributed by atoms with van der Waals surface area (Å²) in [6.45, 7) is 6.80. The van der Waals surface area contributed by atoms with Crippen LogP contribution in [0.3, 0.4) is 0 Å². The third kappa shape index (κ3) is 5.52. The van der Waals surface area contributed by atoms with Crippen LogP contribution in [0.5, 0.6) is 0 Å². The number of rotatable bonds is 8. The van der Waals surface area contributed by atoms with Gasteiger partial charge in [0.2, 0.25) is 5.91 Å². The van der Waals surface area contributed by atoms with E-state index in [2.05, 4.69) is 21.8 Å². The van der Waals surface area contributed by atoms with E-state index in [0.29, 0.717) is 30.0 Å². The monoisotopic (exact) mass is 473 g/mol. The van der Waals surface area contributed by atoms with Crippen molar-refractivity contribution in [2.75, 3.05) is 13.2 Å². The van der Waals surface area contributed by atoms with Crippen molar-refractivity contribution < 1.29 is 14.7 Å². The highest BCUT2D eigenvalue weighted by molar-refractivity contribution is 6.06. The van der Waals surface area contributed by atoms with Crippen LogP contribution in [0.25, 0.3) is 10.9 Å².